The molecular formula is C46H67N3O13S. The first-order chi connectivity index (χ1) is 29.8. The van der Waals surface area contributed by atoms with Gasteiger partial charge in [-0.2, -0.15) is 11.8 Å². The number of esters is 1. The van der Waals surface area contributed by atoms with Crippen LogP contribution in [0.3, 0.4) is 0 Å². The summed E-state index contributed by atoms with van der Waals surface area (Å²) < 4.78 is 29.3. The van der Waals surface area contributed by atoms with Crippen molar-refractivity contribution in [2.45, 2.75) is 157 Å². The topological polar surface area (TPSA) is 232 Å². The van der Waals surface area contributed by atoms with Crippen molar-refractivity contribution in [1.82, 2.24) is 16.0 Å². The van der Waals surface area contributed by atoms with Gasteiger partial charge in [0.1, 0.15) is 22.9 Å². The highest BCUT2D eigenvalue weighted by atomic mass is 32.2. The fourth-order valence-corrected chi connectivity index (χ4v) is 14.8. The van der Waals surface area contributed by atoms with E-state index in [9.17, 15) is 39.3 Å². The van der Waals surface area contributed by atoms with Crippen LogP contribution in [0.1, 0.15) is 105 Å². The molecule has 0 aromatic rings. The number of aliphatic hydroxyl groups is 3. The van der Waals surface area contributed by atoms with E-state index in [4.69, 9.17) is 23.7 Å². The molecule has 16 nitrogen and oxygen atoms in total. The Bertz CT molecular complexity index is 1910. The molecule has 3 saturated heterocycles. The first-order valence-corrected chi connectivity index (χ1v) is 24.1. The highest BCUT2D eigenvalue weighted by Crippen LogP contribution is 2.75. The van der Waals surface area contributed by atoms with Crippen LogP contribution in [-0.2, 0) is 42.9 Å². The van der Waals surface area contributed by atoms with Gasteiger partial charge in [-0.1, -0.05) is 18.9 Å². The smallest absolute Gasteiger partial charge is 0.407 e. The second-order valence-corrected chi connectivity index (χ2v) is 21.4. The molecule has 0 radical (unpaired) electrons. The summed E-state index contributed by atoms with van der Waals surface area (Å²) in [5.41, 5.74) is -7.38. The third-order valence-corrected chi connectivity index (χ3v) is 18.7. The average Bonchev–Trinajstić information content (AvgIpc) is 3.59. The molecule has 63 heavy (non-hydrogen) atoms. The van der Waals surface area contributed by atoms with Gasteiger partial charge in [0.2, 0.25) is 11.8 Å². The number of ketones is 1. The van der Waals surface area contributed by atoms with Crippen LogP contribution < -0.4 is 16.0 Å². The molecule has 350 valence electrons. The number of thioether (sulfide) groups is 1. The van der Waals surface area contributed by atoms with E-state index >= 15 is 0 Å². The summed E-state index contributed by atoms with van der Waals surface area (Å²) in [4.78, 5) is 63.7. The zero-order valence-corrected chi connectivity index (χ0v) is 38.2. The van der Waals surface area contributed by atoms with Gasteiger partial charge in [0, 0.05) is 54.6 Å². The van der Waals surface area contributed by atoms with E-state index in [2.05, 4.69) is 16.0 Å². The van der Waals surface area contributed by atoms with Crippen molar-refractivity contribution in [2.75, 3.05) is 45.3 Å². The lowest BCUT2D eigenvalue weighted by Crippen LogP contribution is -2.73. The summed E-state index contributed by atoms with van der Waals surface area (Å²) in [7, 11) is 0. The van der Waals surface area contributed by atoms with Crippen molar-refractivity contribution in [3.05, 3.63) is 23.3 Å². The van der Waals surface area contributed by atoms with Gasteiger partial charge in [-0.3, -0.25) is 14.4 Å². The van der Waals surface area contributed by atoms with Gasteiger partial charge >= 0.3 is 12.1 Å². The molecule has 4 heterocycles. The molecule has 4 aliphatic heterocycles. The number of ether oxygens (including phenoxy) is 5. The zero-order chi connectivity index (χ0) is 45.2. The number of carbonyl (C=O) groups excluding carboxylic acids is 5. The van der Waals surface area contributed by atoms with Crippen LogP contribution in [0.15, 0.2) is 23.3 Å². The average molecular weight is 902 g/mol. The van der Waals surface area contributed by atoms with Gasteiger partial charge < -0.3 is 55.0 Å². The SMILES string of the molecule is CC1=C(C)C(=O)O[C@@H]([C@](C)(O)[C@]2(O)CC[C@@]3(O)[C@@H]4C[C@H]5O[C@]56[C@@H](OC(=O)NCCOCCOCCNC(=O)CCCCC5SCC7CC(=O)NC75)C=CC(=O)[C@]6(C)[C@H]4CC[C@]23C)C1. The number of amides is 3. The van der Waals surface area contributed by atoms with Gasteiger partial charge in [-0.25, -0.2) is 9.59 Å². The van der Waals surface area contributed by atoms with Crippen molar-refractivity contribution < 1.29 is 63.0 Å². The highest BCUT2D eigenvalue weighted by Gasteiger charge is 2.85. The Morgan fingerprint density at radius 1 is 0.984 bits per heavy atom. The van der Waals surface area contributed by atoms with E-state index in [1.54, 1.807) is 13.0 Å². The number of hydrogen-bond acceptors (Lipinski definition) is 14. The molecule has 0 bridgehead atoms. The molecule has 3 amide bonds. The van der Waals surface area contributed by atoms with Gasteiger partial charge in [0.05, 0.1) is 43.5 Å². The number of allylic oxidation sites excluding steroid dienone is 1. The number of cyclic esters (lactones) is 1. The van der Waals surface area contributed by atoms with Gasteiger partial charge in [0.15, 0.2) is 11.9 Å². The Labute approximate surface area is 373 Å². The molecule has 1 spiro atoms. The van der Waals surface area contributed by atoms with E-state index in [1.165, 1.54) is 13.0 Å². The number of hydrogen-bond donors (Lipinski definition) is 6. The molecule has 3 saturated carbocycles. The number of rotatable bonds is 17. The fraction of sp³-hybridized carbons (Fsp3) is 0.804. The van der Waals surface area contributed by atoms with E-state index < -0.39 is 69.5 Å². The molecular weight excluding hydrogens is 835 g/mol. The van der Waals surface area contributed by atoms with Crippen LogP contribution in [0, 0.1) is 28.6 Å². The Morgan fingerprint density at radius 2 is 1.71 bits per heavy atom. The van der Waals surface area contributed by atoms with Crippen LogP contribution in [0.2, 0.25) is 0 Å². The first-order valence-electron chi connectivity index (χ1n) is 23.1. The predicted octanol–water partition coefficient (Wildman–Crippen LogP) is 2.79. The van der Waals surface area contributed by atoms with Crippen molar-refractivity contribution in [3.8, 4) is 0 Å². The quantitative estimate of drug-likeness (QED) is 0.0701. The Hall–Kier alpha value is -3.06. The van der Waals surface area contributed by atoms with Crippen molar-refractivity contribution in [1.29, 1.82) is 0 Å². The minimum Gasteiger partial charge on any atom is -0.455 e. The lowest BCUT2D eigenvalue weighted by molar-refractivity contribution is -0.283. The van der Waals surface area contributed by atoms with Crippen molar-refractivity contribution in [3.63, 3.8) is 0 Å². The Kier molecular flexibility index (Phi) is 12.8. The number of unbranched alkanes of at least 4 members (excludes halogenated alkanes) is 1. The Morgan fingerprint density at radius 3 is 2.44 bits per heavy atom. The molecule has 6 N–H and O–H groups in total. The van der Waals surface area contributed by atoms with Crippen LogP contribution in [-0.4, -0.2) is 142 Å². The maximum Gasteiger partial charge on any atom is 0.407 e. The summed E-state index contributed by atoms with van der Waals surface area (Å²) in [6.07, 6.45) is 5.48. The van der Waals surface area contributed by atoms with E-state index in [-0.39, 0.29) is 62.4 Å². The molecule has 6 fully saturated rings. The highest BCUT2D eigenvalue weighted by molar-refractivity contribution is 8.00. The maximum atomic E-state index is 14.0. The maximum absolute atomic E-state index is 14.0. The monoisotopic (exact) mass is 901 g/mol. The molecule has 0 aromatic carbocycles. The lowest BCUT2D eigenvalue weighted by Gasteiger charge is -2.63. The number of alkyl carbamates (subject to hydrolysis) is 1. The fourth-order valence-electron chi connectivity index (χ4n) is 13.1. The standard InChI is InChI=1S/C46H67N3O13S/c1-26-22-34(60-39(53)27(26)2)43(5,55)45(57)15-14-44(56)30-24-35-46(62-35)33(11-10-32(50)42(46,4)29(30)12-13-41(44,45)3)61-40(54)48-17-19-59-21-20-58-18-16-47-36(51)9-7-6-8-31-38-28(25-63-31)23-37(52)49-38/h10-11,28-31,33-35,38,55-57H,6-9,12-25H2,1-5H3,(H,47,51)(H,48,54)(H,49,52)/t28?,29-,30+,31?,33-,34+,35+,38?,41-,42-,43-,44+,45-,46+/m0/s1. The van der Waals surface area contributed by atoms with Gasteiger partial charge in [-0.15, -0.1) is 0 Å². The molecule has 0 aromatic heterocycles. The van der Waals surface area contributed by atoms with Gasteiger partial charge in [-0.05, 0) is 108 Å². The predicted molar refractivity (Wildman–Crippen MR) is 229 cm³/mol. The van der Waals surface area contributed by atoms with E-state index in [1.807, 2.05) is 32.5 Å². The first kappa shape index (κ1) is 46.5. The van der Waals surface area contributed by atoms with Crippen molar-refractivity contribution in [2.24, 2.45) is 28.6 Å². The number of carbonyl (C=O) groups is 5. The molecule has 8 aliphatic rings. The largest absolute Gasteiger partial charge is 0.455 e. The van der Waals surface area contributed by atoms with Crippen LogP contribution >= 0.6 is 11.8 Å². The van der Waals surface area contributed by atoms with E-state index in [0.29, 0.717) is 74.8 Å². The number of fused-ring (bicyclic) bond motifs is 5. The molecule has 8 rings (SSSR count). The minimum atomic E-state index is -1.89. The molecule has 4 aliphatic carbocycles. The lowest BCUT2D eigenvalue weighted by atomic mass is 9.42. The number of nitrogens with one attached hydrogen (secondary N) is 3. The number of epoxide rings is 1. The van der Waals surface area contributed by atoms with E-state index in [0.717, 1.165) is 30.6 Å². The van der Waals surface area contributed by atoms with Gasteiger partial charge in [0.25, 0.3) is 0 Å². The van der Waals surface area contributed by atoms with Crippen LogP contribution in [0.4, 0.5) is 4.79 Å². The molecule has 3 unspecified atom stereocenters. The van der Waals surface area contributed by atoms with Crippen LogP contribution in [0.25, 0.3) is 0 Å². The Balaban J connectivity index is 0.755. The third kappa shape index (κ3) is 7.56. The second kappa shape index (κ2) is 17.3. The zero-order valence-electron chi connectivity index (χ0n) is 37.3. The summed E-state index contributed by atoms with van der Waals surface area (Å²) in [6, 6.07) is 0.291. The normalized spacial score (nSPS) is 41.9. The van der Waals surface area contributed by atoms with Crippen molar-refractivity contribution >= 4 is 41.4 Å². The molecule has 14 atom stereocenters. The summed E-state index contributed by atoms with van der Waals surface area (Å²) >= 11 is 1.94. The molecule has 17 heteroatoms. The summed E-state index contributed by atoms with van der Waals surface area (Å²) in [5.74, 6) is 0.113. The minimum absolute atomic E-state index is 0.00515. The second-order valence-electron chi connectivity index (χ2n) is 20.1. The summed E-state index contributed by atoms with van der Waals surface area (Å²) in [5, 5.41) is 46.8. The van der Waals surface area contributed by atoms with Crippen LogP contribution in [0.5, 0.6) is 0 Å². The third-order valence-electron chi connectivity index (χ3n) is 17.1. The summed E-state index contributed by atoms with van der Waals surface area (Å²) in [6.45, 7) is 10.4.